The number of benzene rings is 2. The lowest BCUT2D eigenvalue weighted by Crippen LogP contribution is -2.36. The van der Waals surface area contributed by atoms with Crippen LogP contribution in [0, 0.1) is 6.92 Å². The predicted molar refractivity (Wildman–Crippen MR) is 133 cm³/mol. The first-order valence-electron chi connectivity index (χ1n) is 11.1. The van der Waals surface area contributed by atoms with Crippen LogP contribution in [0.2, 0.25) is 0 Å². The summed E-state index contributed by atoms with van der Waals surface area (Å²) in [4.78, 5) is 37.6. The van der Waals surface area contributed by atoms with Crippen LogP contribution in [0.25, 0.3) is 11.1 Å². The number of hydrogen-bond acceptors (Lipinski definition) is 6. The van der Waals surface area contributed by atoms with Gasteiger partial charge in [-0.3, -0.25) is 9.59 Å². The molecule has 0 aliphatic heterocycles. The van der Waals surface area contributed by atoms with Gasteiger partial charge in [0.05, 0.1) is 26.2 Å². The molecule has 3 rings (SSSR count). The number of ether oxygens (including phenoxy) is 2. The Bertz CT molecular complexity index is 1280. The van der Waals surface area contributed by atoms with Gasteiger partial charge in [0.2, 0.25) is 0 Å². The van der Waals surface area contributed by atoms with E-state index >= 15 is 0 Å². The van der Waals surface area contributed by atoms with Crippen molar-refractivity contribution in [2.75, 3.05) is 19.0 Å². The quantitative estimate of drug-likeness (QED) is 0.422. The van der Waals surface area contributed by atoms with Crippen LogP contribution in [-0.4, -0.2) is 35.4 Å². The van der Waals surface area contributed by atoms with Crippen LogP contribution < -0.4 is 20.9 Å². The number of anilines is 1. The number of nitrogens with zero attached hydrogens (tertiary/aromatic N) is 1. The van der Waals surface area contributed by atoms with Crippen LogP contribution in [0.3, 0.4) is 0 Å². The highest BCUT2D eigenvalue weighted by molar-refractivity contribution is 5.91. The third-order valence-corrected chi connectivity index (χ3v) is 5.56. The van der Waals surface area contributed by atoms with Crippen molar-refractivity contribution in [3.05, 3.63) is 76.2 Å². The first-order valence-corrected chi connectivity index (χ1v) is 11.1. The van der Waals surface area contributed by atoms with Crippen LogP contribution in [0.5, 0.6) is 11.5 Å². The van der Waals surface area contributed by atoms with Crippen LogP contribution in [0.4, 0.5) is 10.5 Å². The number of pyridine rings is 1. The van der Waals surface area contributed by atoms with Crippen molar-refractivity contribution < 1.29 is 24.2 Å². The number of aromatic hydroxyl groups is 1. The topological polar surface area (TPSA) is 119 Å². The van der Waals surface area contributed by atoms with Gasteiger partial charge < -0.3 is 29.8 Å². The lowest BCUT2D eigenvalue weighted by molar-refractivity contribution is -0.143. The standard InChI is InChI=1S/C26H29N3O6/c1-5-35-23(31)15-21(27-26(33)28-24-22(30)12-16(2)29(3)25(24)32)19-10-6-8-17(13-19)18-9-7-11-20(14-18)34-4/h6-14,21,30H,5,15H2,1-4H3,(H2,27,28,33). The molecule has 1 atom stereocenters. The maximum atomic E-state index is 12.8. The molecule has 0 fully saturated rings. The maximum Gasteiger partial charge on any atom is 0.319 e. The van der Waals surface area contributed by atoms with Crippen LogP contribution in [-0.2, 0) is 16.6 Å². The third-order valence-electron chi connectivity index (χ3n) is 5.56. The first-order chi connectivity index (χ1) is 16.7. The summed E-state index contributed by atoms with van der Waals surface area (Å²) in [5.41, 5.74) is 2.15. The van der Waals surface area contributed by atoms with E-state index in [1.54, 1.807) is 27.0 Å². The van der Waals surface area contributed by atoms with Gasteiger partial charge >= 0.3 is 12.0 Å². The molecule has 3 aromatic rings. The Balaban J connectivity index is 1.90. The molecule has 9 heteroatoms. The van der Waals surface area contributed by atoms with E-state index in [1.165, 1.54) is 17.7 Å². The number of nitrogens with one attached hydrogen (secondary N) is 2. The molecular formula is C26H29N3O6. The van der Waals surface area contributed by atoms with Crippen molar-refractivity contribution in [3.63, 3.8) is 0 Å². The first kappa shape index (κ1) is 25.4. The smallest absolute Gasteiger partial charge is 0.319 e. The Morgan fingerprint density at radius 3 is 2.46 bits per heavy atom. The second kappa shape index (κ2) is 11.2. The molecule has 2 aromatic carbocycles. The fourth-order valence-corrected chi connectivity index (χ4v) is 3.61. The number of carbonyl (C=O) groups is 2. The number of aromatic nitrogens is 1. The number of hydrogen-bond donors (Lipinski definition) is 3. The van der Waals surface area contributed by atoms with Gasteiger partial charge in [-0.05, 0) is 48.7 Å². The molecule has 1 heterocycles. The molecule has 0 bridgehead atoms. The minimum atomic E-state index is -0.754. The van der Waals surface area contributed by atoms with Crippen LogP contribution in [0.15, 0.2) is 59.4 Å². The van der Waals surface area contributed by atoms with Crippen molar-refractivity contribution in [2.24, 2.45) is 7.05 Å². The average Bonchev–Trinajstić information content (AvgIpc) is 2.85. The highest BCUT2D eigenvalue weighted by Crippen LogP contribution is 2.28. The number of methoxy groups -OCH3 is 1. The molecule has 0 aliphatic carbocycles. The van der Waals surface area contributed by atoms with Crippen molar-refractivity contribution in [3.8, 4) is 22.6 Å². The SMILES string of the molecule is CCOC(=O)CC(NC(=O)Nc1c(O)cc(C)n(C)c1=O)c1cccc(-c2cccc(OC)c2)c1. The minimum Gasteiger partial charge on any atom is -0.505 e. The fraction of sp³-hybridized carbons (Fsp3) is 0.269. The van der Waals surface area contributed by atoms with Gasteiger partial charge in [0.15, 0.2) is 5.69 Å². The number of amides is 2. The Hall–Kier alpha value is -4.27. The van der Waals surface area contributed by atoms with E-state index in [1.807, 2.05) is 42.5 Å². The Kier molecular flexibility index (Phi) is 8.14. The summed E-state index contributed by atoms with van der Waals surface area (Å²) in [5.74, 6) is -0.130. The van der Waals surface area contributed by atoms with E-state index in [4.69, 9.17) is 9.47 Å². The molecule has 184 valence electrons. The molecule has 0 saturated heterocycles. The van der Waals surface area contributed by atoms with Gasteiger partial charge in [-0.25, -0.2) is 4.79 Å². The average molecular weight is 480 g/mol. The van der Waals surface area contributed by atoms with E-state index in [-0.39, 0.29) is 24.5 Å². The number of rotatable bonds is 8. The zero-order valence-corrected chi connectivity index (χ0v) is 20.1. The zero-order valence-electron chi connectivity index (χ0n) is 20.1. The molecule has 1 unspecified atom stereocenters. The molecule has 0 saturated carbocycles. The molecule has 0 spiro atoms. The van der Waals surface area contributed by atoms with Crippen molar-refractivity contribution in [2.45, 2.75) is 26.3 Å². The van der Waals surface area contributed by atoms with Gasteiger partial charge in [0, 0.05) is 18.8 Å². The molecule has 2 amide bonds. The van der Waals surface area contributed by atoms with E-state index in [9.17, 15) is 19.5 Å². The van der Waals surface area contributed by atoms with Crippen LogP contribution >= 0.6 is 0 Å². The summed E-state index contributed by atoms with van der Waals surface area (Å²) >= 11 is 0. The van der Waals surface area contributed by atoms with Gasteiger partial charge in [-0.1, -0.05) is 30.3 Å². The fourth-order valence-electron chi connectivity index (χ4n) is 3.61. The summed E-state index contributed by atoms with van der Waals surface area (Å²) in [6, 6.07) is 14.8. The lowest BCUT2D eigenvalue weighted by Gasteiger charge is -2.20. The van der Waals surface area contributed by atoms with Crippen molar-refractivity contribution in [1.29, 1.82) is 0 Å². The molecule has 9 nitrogen and oxygen atoms in total. The zero-order chi connectivity index (χ0) is 25.5. The summed E-state index contributed by atoms with van der Waals surface area (Å²) < 4.78 is 11.7. The molecule has 0 aliphatic rings. The Labute approximate surface area is 203 Å². The predicted octanol–water partition coefficient (Wildman–Crippen LogP) is 3.89. The molecule has 1 aromatic heterocycles. The highest BCUT2D eigenvalue weighted by Gasteiger charge is 2.22. The van der Waals surface area contributed by atoms with E-state index < -0.39 is 23.6 Å². The molecular weight excluding hydrogens is 450 g/mol. The van der Waals surface area contributed by atoms with Crippen molar-refractivity contribution in [1.82, 2.24) is 9.88 Å². The van der Waals surface area contributed by atoms with Gasteiger partial charge in [0.25, 0.3) is 5.56 Å². The number of carbonyl (C=O) groups excluding carboxylic acids is 2. The number of esters is 1. The van der Waals surface area contributed by atoms with E-state index in [0.717, 1.165) is 11.1 Å². The van der Waals surface area contributed by atoms with E-state index in [0.29, 0.717) is 17.0 Å². The maximum absolute atomic E-state index is 12.8. The molecule has 35 heavy (non-hydrogen) atoms. The number of aryl methyl sites for hydroxylation is 1. The Morgan fingerprint density at radius 2 is 1.77 bits per heavy atom. The highest BCUT2D eigenvalue weighted by atomic mass is 16.5. The normalized spacial score (nSPS) is 11.4. The summed E-state index contributed by atoms with van der Waals surface area (Å²) in [6.07, 6.45) is -0.124. The summed E-state index contributed by atoms with van der Waals surface area (Å²) in [6.45, 7) is 3.57. The van der Waals surface area contributed by atoms with Gasteiger partial charge in [0.1, 0.15) is 11.5 Å². The lowest BCUT2D eigenvalue weighted by atomic mass is 9.97. The largest absolute Gasteiger partial charge is 0.505 e. The van der Waals surface area contributed by atoms with Gasteiger partial charge in [-0.15, -0.1) is 0 Å². The van der Waals surface area contributed by atoms with Crippen molar-refractivity contribution >= 4 is 17.7 Å². The molecule has 3 N–H and O–H groups in total. The van der Waals surface area contributed by atoms with Crippen LogP contribution in [0.1, 0.15) is 30.6 Å². The van der Waals surface area contributed by atoms with Gasteiger partial charge in [-0.2, -0.15) is 0 Å². The monoisotopic (exact) mass is 479 g/mol. The van der Waals surface area contributed by atoms with E-state index in [2.05, 4.69) is 10.6 Å². The second-order valence-electron chi connectivity index (χ2n) is 7.93. The molecule has 0 radical (unpaired) electrons. The number of urea groups is 1. The summed E-state index contributed by atoms with van der Waals surface area (Å²) in [5, 5.41) is 15.3. The minimum absolute atomic E-state index is 0.124. The summed E-state index contributed by atoms with van der Waals surface area (Å²) in [7, 11) is 3.13. The third kappa shape index (κ3) is 6.20. The Morgan fingerprint density at radius 1 is 1.09 bits per heavy atom. The second-order valence-corrected chi connectivity index (χ2v) is 7.93.